The van der Waals surface area contributed by atoms with Crippen molar-refractivity contribution in [3.63, 3.8) is 0 Å². The van der Waals surface area contributed by atoms with Crippen LogP contribution in [0.1, 0.15) is 56.8 Å². The van der Waals surface area contributed by atoms with Crippen LogP contribution in [-0.2, 0) is 16.6 Å². The summed E-state index contributed by atoms with van der Waals surface area (Å²) in [5.41, 5.74) is 1.17. The molecular formula is C19H25N3O2. The maximum atomic E-state index is 12.2. The Balaban J connectivity index is 1.55. The summed E-state index contributed by atoms with van der Waals surface area (Å²) >= 11 is 0. The van der Waals surface area contributed by atoms with E-state index in [1.165, 1.54) is 5.56 Å². The van der Waals surface area contributed by atoms with Crippen LogP contribution >= 0.6 is 0 Å². The maximum Gasteiger partial charge on any atom is 0.232 e. The highest BCUT2D eigenvalue weighted by Crippen LogP contribution is 2.29. The van der Waals surface area contributed by atoms with Gasteiger partial charge in [-0.2, -0.15) is 4.98 Å². The van der Waals surface area contributed by atoms with Crippen LogP contribution in [0.15, 0.2) is 34.9 Å². The first kappa shape index (κ1) is 16.7. The molecule has 1 aliphatic heterocycles. The van der Waals surface area contributed by atoms with Gasteiger partial charge >= 0.3 is 0 Å². The van der Waals surface area contributed by atoms with E-state index in [0.29, 0.717) is 24.7 Å². The van der Waals surface area contributed by atoms with Crippen LogP contribution in [0.3, 0.4) is 0 Å². The molecule has 1 unspecified atom stereocenters. The van der Waals surface area contributed by atoms with Crippen LogP contribution in [-0.4, -0.2) is 34.0 Å². The molecule has 3 rings (SSSR count). The number of likely N-dealkylation sites (tertiary alicyclic amines) is 1. The van der Waals surface area contributed by atoms with E-state index >= 15 is 0 Å². The molecule has 2 aromatic rings. The predicted molar refractivity (Wildman–Crippen MR) is 91.7 cm³/mol. The molecule has 2 heterocycles. The number of nitrogens with zero attached hydrogens (tertiary/aromatic N) is 3. The lowest BCUT2D eigenvalue weighted by Gasteiger charge is -2.15. The molecule has 128 valence electrons. The van der Waals surface area contributed by atoms with E-state index in [4.69, 9.17) is 4.52 Å². The molecule has 1 aromatic heterocycles. The molecule has 0 spiro atoms. The van der Waals surface area contributed by atoms with Crippen LogP contribution in [0.25, 0.3) is 0 Å². The van der Waals surface area contributed by atoms with Crippen LogP contribution in [0.5, 0.6) is 0 Å². The van der Waals surface area contributed by atoms with Gasteiger partial charge in [0.25, 0.3) is 0 Å². The largest absolute Gasteiger partial charge is 0.342 e. The van der Waals surface area contributed by atoms with Gasteiger partial charge in [0, 0.05) is 24.9 Å². The Bertz CT molecular complexity index is 688. The van der Waals surface area contributed by atoms with Crippen LogP contribution in [0, 0.1) is 0 Å². The molecule has 1 aliphatic rings. The molecule has 5 nitrogen and oxygen atoms in total. The number of hydrogen-bond donors (Lipinski definition) is 0. The van der Waals surface area contributed by atoms with E-state index in [2.05, 4.69) is 55.2 Å². The highest BCUT2D eigenvalue weighted by molar-refractivity contribution is 5.79. The lowest BCUT2D eigenvalue weighted by atomic mass is 9.96. The van der Waals surface area contributed by atoms with E-state index in [-0.39, 0.29) is 17.2 Å². The number of rotatable bonds is 5. The van der Waals surface area contributed by atoms with Gasteiger partial charge in [0.2, 0.25) is 11.8 Å². The van der Waals surface area contributed by atoms with Gasteiger partial charge in [0.05, 0.1) is 5.92 Å². The first-order chi connectivity index (χ1) is 11.4. The number of amides is 1. The fourth-order valence-corrected chi connectivity index (χ4v) is 2.98. The summed E-state index contributed by atoms with van der Waals surface area (Å²) in [4.78, 5) is 18.7. The maximum absolute atomic E-state index is 12.2. The van der Waals surface area contributed by atoms with Crippen molar-refractivity contribution >= 4 is 5.91 Å². The fourth-order valence-electron chi connectivity index (χ4n) is 2.98. The number of carbonyl (C=O) groups is 1. The van der Waals surface area contributed by atoms with Gasteiger partial charge in [-0.3, -0.25) is 4.79 Å². The van der Waals surface area contributed by atoms with Gasteiger partial charge < -0.3 is 9.42 Å². The minimum absolute atomic E-state index is 0.0258. The predicted octanol–water partition coefficient (Wildman–Crippen LogP) is 3.32. The summed E-state index contributed by atoms with van der Waals surface area (Å²) in [7, 11) is 0. The van der Waals surface area contributed by atoms with Crippen molar-refractivity contribution < 1.29 is 9.32 Å². The topological polar surface area (TPSA) is 59.2 Å². The average Bonchev–Trinajstić information content (AvgIpc) is 3.15. The van der Waals surface area contributed by atoms with E-state index in [9.17, 15) is 4.79 Å². The highest BCUT2D eigenvalue weighted by atomic mass is 16.5. The van der Waals surface area contributed by atoms with Crippen LogP contribution in [0.4, 0.5) is 0 Å². The molecular weight excluding hydrogens is 302 g/mol. The summed E-state index contributed by atoms with van der Waals surface area (Å²) in [6.45, 7) is 7.62. The smallest absolute Gasteiger partial charge is 0.232 e. The van der Waals surface area contributed by atoms with Gasteiger partial charge in [0.15, 0.2) is 5.82 Å². The molecule has 1 saturated heterocycles. The second kappa shape index (κ2) is 6.75. The Labute approximate surface area is 143 Å². The van der Waals surface area contributed by atoms with Crippen molar-refractivity contribution in [1.82, 2.24) is 15.0 Å². The number of aromatic nitrogens is 2. The molecule has 24 heavy (non-hydrogen) atoms. The zero-order valence-corrected chi connectivity index (χ0v) is 14.7. The molecule has 0 aliphatic carbocycles. The van der Waals surface area contributed by atoms with Crippen LogP contribution in [0.2, 0.25) is 0 Å². The highest BCUT2D eigenvalue weighted by Gasteiger charge is 2.34. The fraction of sp³-hybridized carbons (Fsp3) is 0.526. The molecule has 1 fully saturated rings. The molecule has 1 aromatic carbocycles. The number of hydrogen-bond acceptors (Lipinski definition) is 4. The Morgan fingerprint density at radius 3 is 2.67 bits per heavy atom. The van der Waals surface area contributed by atoms with Gasteiger partial charge in [-0.1, -0.05) is 56.3 Å². The monoisotopic (exact) mass is 327 g/mol. The lowest BCUT2D eigenvalue weighted by Crippen LogP contribution is -2.26. The summed E-state index contributed by atoms with van der Waals surface area (Å²) < 4.78 is 5.41. The van der Waals surface area contributed by atoms with Crippen molar-refractivity contribution in [1.29, 1.82) is 0 Å². The SMILES string of the molecule is CC(C)(C)c1noc(C2CC(=O)N(CCCc3ccccc3)C2)n1. The molecule has 0 N–H and O–H groups in total. The number of aryl methyl sites for hydroxylation is 1. The van der Waals surface area contributed by atoms with Crippen molar-refractivity contribution in [2.45, 2.75) is 51.4 Å². The first-order valence-corrected chi connectivity index (χ1v) is 8.59. The summed E-state index contributed by atoms with van der Waals surface area (Å²) in [6, 6.07) is 10.4. The van der Waals surface area contributed by atoms with E-state index in [1.54, 1.807) is 0 Å². The second-order valence-electron chi connectivity index (χ2n) is 7.54. The third kappa shape index (κ3) is 3.83. The van der Waals surface area contributed by atoms with Gasteiger partial charge in [-0.15, -0.1) is 0 Å². The lowest BCUT2D eigenvalue weighted by molar-refractivity contribution is -0.127. The average molecular weight is 327 g/mol. The molecule has 0 bridgehead atoms. The zero-order chi connectivity index (χ0) is 17.2. The van der Waals surface area contributed by atoms with Gasteiger partial charge in [0.1, 0.15) is 0 Å². The van der Waals surface area contributed by atoms with E-state index in [0.717, 1.165) is 19.4 Å². The van der Waals surface area contributed by atoms with Crippen molar-refractivity contribution in [3.8, 4) is 0 Å². The van der Waals surface area contributed by atoms with Crippen LogP contribution < -0.4 is 0 Å². The molecule has 0 radical (unpaired) electrons. The van der Waals surface area contributed by atoms with Crippen molar-refractivity contribution in [2.75, 3.05) is 13.1 Å². The normalized spacial score (nSPS) is 18.4. The first-order valence-electron chi connectivity index (χ1n) is 8.59. The van der Waals surface area contributed by atoms with Gasteiger partial charge in [-0.05, 0) is 18.4 Å². The second-order valence-corrected chi connectivity index (χ2v) is 7.54. The standard InChI is InChI=1S/C19H25N3O2/c1-19(2,3)18-20-17(24-21-18)15-12-16(23)22(13-15)11-7-10-14-8-5-4-6-9-14/h4-6,8-9,15H,7,10-13H2,1-3H3. The molecule has 1 amide bonds. The quantitative estimate of drug-likeness (QED) is 0.845. The summed E-state index contributed by atoms with van der Waals surface area (Å²) in [5.74, 6) is 1.51. The van der Waals surface area contributed by atoms with Crippen molar-refractivity contribution in [2.24, 2.45) is 0 Å². The van der Waals surface area contributed by atoms with Crippen molar-refractivity contribution in [3.05, 3.63) is 47.6 Å². The number of carbonyl (C=O) groups excluding carboxylic acids is 1. The number of benzene rings is 1. The Morgan fingerprint density at radius 2 is 2.00 bits per heavy atom. The molecule has 1 atom stereocenters. The van der Waals surface area contributed by atoms with E-state index < -0.39 is 0 Å². The summed E-state index contributed by atoms with van der Waals surface area (Å²) in [6.07, 6.45) is 2.43. The molecule has 0 saturated carbocycles. The third-order valence-electron chi connectivity index (χ3n) is 4.41. The van der Waals surface area contributed by atoms with Gasteiger partial charge in [-0.25, -0.2) is 0 Å². The minimum atomic E-state index is -0.139. The molecule has 5 heteroatoms. The zero-order valence-electron chi connectivity index (χ0n) is 14.7. The van der Waals surface area contributed by atoms with E-state index in [1.807, 2.05) is 11.0 Å². The third-order valence-corrected chi connectivity index (χ3v) is 4.41. The Morgan fingerprint density at radius 1 is 1.25 bits per heavy atom. The summed E-state index contributed by atoms with van der Waals surface area (Å²) in [5, 5.41) is 4.07. The minimum Gasteiger partial charge on any atom is -0.342 e. The Hall–Kier alpha value is -2.17. The Kier molecular flexibility index (Phi) is 4.69.